The highest BCUT2D eigenvalue weighted by molar-refractivity contribution is 9.10. The van der Waals surface area contributed by atoms with Crippen molar-refractivity contribution in [3.8, 4) is 0 Å². The van der Waals surface area contributed by atoms with E-state index >= 15 is 0 Å². The number of furan rings is 1. The molecular weight excluding hydrogens is 358 g/mol. The number of hydrogen-bond acceptors (Lipinski definition) is 4. The van der Waals surface area contributed by atoms with Crippen molar-refractivity contribution in [3.05, 3.63) is 51.3 Å². The van der Waals surface area contributed by atoms with E-state index in [2.05, 4.69) is 21.2 Å². The van der Waals surface area contributed by atoms with Gasteiger partial charge >= 0.3 is 0 Å². The van der Waals surface area contributed by atoms with E-state index in [0.29, 0.717) is 18.2 Å². The molecular formula is C15H17BrClNO3. The summed E-state index contributed by atoms with van der Waals surface area (Å²) < 4.78 is 11.4. The van der Waals surface area contributed by atoms with Gasteiger partial charge in [-0.3, -0.25) is 0 Å². The molecule has 0 aliphatic carbocycles. The molecule has 0 spiro atoms. The van der Waals surface area contributed by atoms with Gasteiger partial charge in [0, 0.05) is 16.0 Å². The zero-order valence-electron chi connectivity index (χ0n) is 11.6. The van der Waals surface area contributed by atoms with Gasteiger partial charge in [0.1, 0.15) is 12.4 Å². The number of rotatable bonds is 7. The summed E-state index contributed by atoms with van der Waals surface area (Å²) in [6.07, 6.45) is 0.974. The second-order valence-electron chi connectivity index (χ2n) is 4.71. The molecule has 1 heterocycles. The highest BCUT2D eigenvalue weighted by Gasteiger charge is 2.08. The SMILES string of the molecule is Cc1cc(Br)c(NCC(O)COCc2ccco2)cc1Cl. The number of aliphatic hydroxyl groups is 1. The van der Waals surface area contributed by atoms with Crippen molar-refractivity contribution < 1.29 is 14.3 Å². The maximum Gasteiger partial charge on any atom is 0.129 e. The number of ether oxygens (including phenoxy) is 1. The van der Waals surface area contributed by atoms with E-state index in [-0.39, 0.29) is 6.61 Å². The molecule has 2 rings (SSSR count). The monoisotopic (exact) mass is 373 g/mol. The highest BCUT2D eigenvalue weighted by Crippen LogP contribution is 2.29. The average Bonchev–Trinajstić information content (AvgIpc) is 2.94. The fraction of sp³-hybridized carbons (Fsp3) is 0.333. The van der Waals surface area contributed by atoms with E-state index in [1.54, 1.807) is 12.3 Å². The maximum absolute atomic E-state index is 9.89. The molecule has 0 saturated carbocycles. The molecule has 0 bridgehead atoms. The van der Waals surface area contributed by atoms with Crippen LogP contribution >= 0.6 is 27.5 Å². The molecule has 1 aromatic heterocycles. The second-order valence-corrected chi connectivity index (χ2v) is 5.97. The molecule has 4 nitrogen and oxygen atoms in total. The minimum absolute atomic E-state index is 0.227. The minimum atomic E-state index is -0.619. The Balaban J connectivity index is 1.76. The van der Waals surface area contributed by atoms with Gasteiger partial charge < -0.3 is 19.6 Å². The van der Waals surface area contributed by atoms with Crippen molar-refractivity contribution in [1.29, 1.82) is 0 Å². The lowest BCUT2D eigenvalue weighted by Gasteiger charge is -2.14. The first-order valence-electron chi connectivity index (χ1n) is 6.54. The predicted octanol–water partition coefficient (Wildman–Crippen LogP) is 3.99. The van der Waals surface area contributed by atoms with Gasteiger partial charge in [-0.2, -0.15) is 0 Å². The number of halogens is 2. The Morgan fingerprint density at radius 1 is 1.48 bits per heavy atom. The van der Waals surface area contributed by atoms with Crippen LogP contribution in [-0.4, -0.2) is 24.4 Å². The van der Waals surface area contributed by atoms with Crippen LogP contribution in [0, 0.1) is 6.92 Å². The summed E-state index contributed by atoms with van der Waals surface area (Å²) in [6.45, 7) is 2.89. The predicted molar refractivity (Wildman–Crippen MR) is 86.7 cm³/mol. The van der Waals surface area contributed by atoms with E-state index in [4.69, 9.17) is 20.8 Å². The topological polar surface area (TPSA) is 54.6 Å². The number of aliphatic hydroxyl groups excluding tert-OH is 1. The van der Waals surface area contributed by atoms with Crippen LogP contribution in [0.15, 0.2) is 39.4 Å². The number of hydrogen-bond donors (Lipinski definition) is 2. The number of benzene rings is 1. The van der Waals surface area contributed by atoms with Gasteiger partial charge in [-0.1, -0.05) is 11.6 Å². The largest absolute Gasteiger partial charge is 0.467 e. The smallest absolute Gasteiger partial charge is 0.129 e. The Morgan fingerprint density at radius 3 is 3.00 bits per heavy atom. The summed E-state index contributed by atoms with van der Waals surface area (Å²) in [5.41, 5.74) is 1.84. The van der Waals surface area contributed by atoms with Crippen molar-refractivity contribution in [2.75, 3.05) is 18.5 Å². The summed E-state index contributed by atoms with van der Waals surface area (Å²) in [6, 6.07) is 7.40. The number of anilines is 1. The van der Waals surface area contributed by atoms with Gasteiger partial charge in [-0.25, -0.2) is 0 Å². The van der Waals surface area contributed by atoms with E-state index in [9.17, 15) is 5.11 Å². The molecule has 0 radical (unpaired) electrons. The Bertz CT molecular complexity index is 575. The molecule has 0 aliphatic rings. The fourth-order valence-electron chi connectivity index (χ4n) is 1.76. The molecule has 2 aromatic rings. The lowest BCUT2D eigenvalue weighted by atomic mass is 10.2. The van der Waals surface area contributed by atoms with Crippen LogP contribution < -0.4 is 5.32 Å². The van der Waals surface area contributed by atoms with Crippen LogP contribution in [0.2, 0.25) is 5.02 Å². The van der Waals surface area contributed by atoms with Crippen molar-refractivity contribution in [3.63, 3.8) is 0 Å². The fourth-order valence-corrected chi connectivity index (χ4v) is 2.52. The summed E-state index contributed by atoms with van der Waals surface area (Å²) >= 11 is 9.55. The first-order valence-corrected chi connectivity index (χ1v) is 7.71. The first kappa shape index (κ1) is 16.4. The average molecular weight is 375 g/mol. The molecule has 1 aromatic carbocycles. The molecule has 21 heavy (non-hydrogen) atoms. The lowest BCUT2D eigenvalue weighted by Crippen LogP contribution is -2.24. The highest BCUT2D eigenvalue weighted by atomic mass is 79.9. The Hall–Kier alpha value is -1.01. The van der Waals surface area contributed by atoms with Crippen molar-refractivity contribution in [1.82, 2.24) is 0 Å². The normalized spacial score (nSPS) is 12.4. The molecule has 0 aliphatic heterocycles. The van der Waals surface area contributed by atoms with Crippen LogP contribution in [0.3, 0.4) is 0 Å². The molecule has 1 unspecified atom stereocenters. The third-order valence-corrected chi connectivity index (χ3v) is 3.97. The molecule has 0 saturated heterocycles. The van der Waals surface area contributed by atoms with Gasteiger partial charge in [-0.05, 0) is 52.7 Å². The quantitative estimate of drug-likeness (QED) is 0.769. The standard InChI is InChI=1S/C15H17BrClNO3/c1-10-5-13(16)15(6-14(10)17)18-7-11(19)8-20-9-12-3-2-4-21-12/h2-6,11,18-19H,7-9H2,1H3. The molecule has 0 fully saturated rings. The minimum Gasteiger partial charge on any atom is -0.467 e. The van der Waals surface area contributed by atoms with E-state index < -0.39 is 6.10 Å². The molecule has 114 valence electrons. The third kappa shape index (κ3) is 5.04. The number of nitrogens with one attached hydrogen (secondary N) is 1. The molecule has 0 amide bonds. The summed E-state index contributed by atoms with van der Waals surface area (Å²) in [4.78, 5) is 0. The summed E-state index contributed by atoms with van der Waals surface area (Å²) in [7, 11) is 0. The second kappa shape index (κ2) is 7.84. The lowest BCUT2D eigenvalue weighted by molar-refractivity contribution is 0.0282. The van der Waals surface area contributed by atoms with Gasteiger partial charge in [-0.15, -0.1) is 0 Å². The van der Waals surface area contributed by atoms with Crippen molar-refractivity contribution in [2.24, 2.45) is 0 Å². The van der Waals surface area contributed by atoms with E-state index in [1.807, 2.05) is 25.1 Å². The van der Waals surface area contributed by atoms with Gasteiger partial charge in [0.25, 0.3) is 0 Å². The third-order valence-electron chi connectivity index (χ3n) is 2.91. The van der Waals surface area contributed by atoms with E-state index in [0.717, 1.165) is 21.5 Å². The van der Waals surface area contributed by atoms with Crippen LogP contribution in [0.4, 0.5) is 5.69 Å². The zero-order chi connectivity index (χ0) is 15.2. The van der Waals surface area contributed by atoms with Crippen molar-refractivity contribution >= 4 is 33.2 Å². The Kier molecular flexibility index (Phi) is 6.11. The maximum atomic E-state index is 9.89. The molecule has 1 atom stereocenters. The summed E-state index contributed by atoms with van der Waals surface area (Å²) in [5, 5.41) is 13.7. The van der Waals surface area contributed by atoms with Crippen LogP contribution in [-0.2, 0) is 11.3 Å². The number of aryl methyl sites for hydroxylation is 1. The van der Waals surface area contributed by atoms with Gasteiger partial charge in [0.15, 0.2) is 0 Å². The first-order chi connectivity index (χ1) is 10.1. The summed E-state index contributed by atoms with van der Waals surface area (Å²) in [5.74, 6) is 0.739. The van der Waals surface area contributed by atoms with E-state index in [1.165, 1.54) is 0 Å². The van der Waals surface area contributed by atoms with Crippen LogP contribution in [0.5, 0.6) is 0 Å². The van der Waals surface area contributed by atoms with Gasteiger partial charge in [0.2, 0.25) is 0 Å². The zero-order valence-corrected chi connectivity index (χ0v) is 13.9. The Labute approximate surface area is 137 Å². The van der Waals surface area contributed by atoms with Gasteiger partial charge in [0.05, 0.1) is 24.7 Å². The molecule has 2 N–H and O–H groups in total. The molecule has 6 heteroatoms. The van der Waals surface area contributed by atoms with Crippen LogP contribution in [0.1, 0.15) is 11.3 Å². The Morgan fingerprint density at radius 2 is 2.29 bits per heavy atom. The van der Waals surface area contributed by atoms with Crippen LogP contribution in [0.25, 0.3) is 0 Å². The van der Waals surface area contributed by atoms with Crippen molar-refractivity contribution in [2.45, 2.75) is 19.6 Å².